The van der Waals surface area contributed by atoms with Crippen LogP contribution in [0.1, 0.15) is 0 Å². The maximum Gasteiger partial charge on any atom is 0.226 e. The van der Waals surface area contributed by atoms with Gasteiger partial charge in [-0.1, -0.05) is 0 Å². The molecule has 58 valence electrons. The highest BCUT2D eigenvalue weighted by atomic mass is 16.6. The Hall–Kier alpha value is -0.780. The first-order valence-electron chi connectivity index (χ1n) is 2.72. The first-order valence-corrected chi connectivity index (χ1v) is 2.72. The van der Waals surface area contributed by atoms with Crippen LogP contribution in [-0.4, -0.2) is 38.9 Å². The highest BCUT2D eigenvalue weighted by Gasteiger charge is 2.38. The Labute approximate surface area is 56.8 Å². The molecule has 0 saturated carbocycles. The van der Waals surface area contributed by atoms with Crippen molar-refractivity contribution < 1.29 is 25.2 Å². The Bertz CT molecular complexity index is 154. The molecule has 10 heavy (non-hydrogen) atoms. The van der Waals surface area contributed by atoms with Gasteiger partial charge in [-0.05, 0) is 0 Å². The largest absolute Gasteiger partial charge is 0.512 e. The van der Waals surface area contributed by atoms with Crippen molar-refractivity contribution >= 4 is 0 Å². The van der Waals surface area contributed by atoms with E-state index >= 15 is 0 Å². The number of aliphatic hydroxyl groups is 4. The Morgan fingerprint density at radius 2 is 1.90 bits per heavy atom. The second-order valence-electron chi connectivity index (χ2n) is 1.98. The van der Waals surface area contributed by atoms with Gasteiger partial charge in [0.25, 0.3) is 0 Å². The second-order valence-corrected chi connectivity index (χ2v) is 1.98. The molecule has 1 heterocycles. The summed E-state index contributed by atoms with van der Waals surface area (Å²) in [6.07, 6.45) is -3.66. The highest BCUT2D eigenvalue weighted by molar-refractivity contribution is 5.04. The molecule has 0 spiro atoms. The number of ether oxygens (including phenoxy) is 1. The molecule has 1 aliphatic heterocycles. The van der Waals surface area contributed by atoms with Gasteiger partial charge in [-0.15, -0.1) is 0 Å². The fourth-order valence-electron chi connectivity index (χ4n) is 0.710. The van der Waals surface area contributed by atoms with Crippen molar-refractivity contribution in [2.24, 2.45) is 0 Å². The first-order chi connectivity index (χ1) is 4.66. The van der Waals surface area contributed by atoms with E-state index < -0.39 is 18.5 Å². The van der Waals surface area contributed by atoms with E-state index in [1.807, 2.05) is 0 Å². The third-order valence-corrected chi connectivity index (χ3v) is 1.29. The van der Waals surface area contributed by atoms with Crippen LogP contribution in [0.5, 0.6) is 0 Å². The van der Waals surface area contributed by atoms with Crippen molar-refractivity contribution in [1.29, 1.82) is 0 Å². The van der Waals surface area contributed by atoms with E-state index in [2.05, 4.69) is 4.74 Å². The lowest BCUT2D eigenvalue weighted by Gasteiger charge is -2.04. The molecule has 0 aromatic carbocycles. The highest BCUT2D eigenvalue weighted by Crippen LogP contribution is 2.21. The van der Waals surface area contributed by atoms with Gasteiger partial charge >= 0.3 is 0 Å². The second kappa shape index (κ2) is 2.45. The van der Waals surface area contributed by atoms with Gasteiger partial charge in [0, 0.05) is 0 Å². The average molecular weight is 148 g/mol. The molecule has 1 aliphatic rings. The van der Waals surface area contributed by atoms with Crippen molar-refractivity contribution in [3.63, 3.8) is 0 Å². The third kappa shape index (κ3) is 0.942. The van der Waals surface area contributed by atoms with Crippen LogP contribution in [0.4, 0.5) is 0 Å². The molecule has 0 aromatic rings. The summed E-state index contributed by atoms with van der Waals surface area (Å²) in [6.45, 7) is 0. The fraction of sp³-hybridized carbons (Fsp3) is 0.600. The maximum atomic E-state index is 8.86. The molecule has 0 aromatic heterocycles. The van der Waals surface area contributed by atoms with Crippen LogP contribution < -0.4 is 0 Å². The molecule has 0 bridgehead atoms. The quantitative estimate of drug-likeness (QED) is 0.312. The van der Waals surface area contributed by atoms with Gasteiger partial charge in [0.05, 0.1) is 0 Å². The van der Waals surface area contributed by atoms with Crippen LogP contribution in [0.2, 0.25) is 0 Å². The van der Waals surface area contributed by atoms with Gasteiger partial charge in [-0.3, -0.25) is 0 Å². The number of hydrogen-bond acceptors (Lipinski definition) is 5. The van der Waals surface area contributed by atoms with Crippen LogP contribution in [0.15, 0.2) is 12.0 Å². The minimum absolute atomic E-state index is 0.222. The van der Waals surface area contributed by atoms with E-state index in [1.54, 1.807) is 0 Å². The smallest absolute Gasteiger partial charge is 0.226 e. The zero-order valence-corrected chi connectivity index (χ0v) is 5.01. The Balaban J connectivity index is 2.71. The molecule has 3 unspecified atom stereocenters. The van der Waals surface area contributed by atoms with E-state index in [0.717, 1.165) is 0 Å². The van der Waals surface area contributed by atoms with Gasteiger partial charge in [-0.2, -0.15) is 0 Å². The van der Waals surface area contributed by atoms with Crippen LogP contribution in [-0.2, 0) is 4.74 Å². The normalized spacial score (nSPS) is 43.9. The van der Waals surface area contributed by atoms with E-state index in [-0.39, 0.29) is 5.76 Å². The van der Waals surface area contributed by atoms with Gasteiger partial charge in [0.1, 0.15) is 18.5 Å². The number of aliphatic hydroxyl groups excluding tert-OH is 4. The van der Waals surface area contributed by atoms with Crippen LogP contribution in [0.25, 0.3) is 0 Å². The lowest BCUT2D eigenvalue weighted by atomic mass is 10.2. The molecule has 1 rings (SSSR count). The molecule has 0 amide bonds. The summed E-state index contributed by atoms with van der Waals surface area (Å²) in [5.74, 6) is -0.222. The zero-order valence-electron chi connectivity index (χ0n) is 5.01. The van der Waals surface area contributed by atoms with Gasteiger partial charge in [0.15, 0.2) is 5.76 Å². The summed E-state index contributed by atoms with van der Waals surface area (Å²) < 4.78 is 4.40. The fourth-order valence-corrected chi connectivity index (χ4v) is 0.710. The van der Waals surface area contributed by atoms with Gasteiger partial charge in [-0.25, -0.2) is 0 Å². The van der Waals surface area contributed by atoms with E-state index in [1.165, 1.54) is 0 Å². The molecule has 4 N–H and O–H groups in total. The monoisotopic (exact) mass is 148 g/mol. The zero-order chi connectivity index (χ0) is 7.72. The summed E-state index contributed by atoms with van der Waals surface area (Å²) in [6, 6.07) is 0. The molecular weight excluding hydrogens is 140 g/mol. The van der Waals surface area contributed by atoms with E-state index in [4.69, 9.17) is 20.4 Å². The molecular formula is C5H8O5. The van der Waals surface area contributed by atoms with Crippen molar-refractivity contribution in [1.82, 2.24) is 0 Å². The predicted molar refractivity (Wildman–Crippen MR) is 29.8 cm³/mol. The Kier molecular flexibility index (Phi) is 1.80. The number of rotatable bonds is 0. The van der Waals surface area contributed by atoms with E-state index in [9.17, 15) is 0 Å². The standard InChI is InChI=1S/C5H8O5/c6-1-2-3(7)4(8)5(9)10-2/h1,3-9H/b2-1+. The van der Waals surface area contributed by atoms with Gasteiger partial charge in [0.2, 0.25) is 6.29 Å². The summed E-state index contributed by atoms with van der Waals surface area (Å²) >= 11 is 0. The van der Waals surface area contributed by atoms with Crippen molar-refractivity contribution in [3.8, 4) is 0 Å². The SMILES string of the molecule is O/C=C1/OC(O)C(O)C1O. The van der Waals surface area contributed by atoms with Crippen LogP contribution in [0, 0.1) is 0 Å². The summed E-state index contributed by atoms with van der Waals surface area (Å²) in [4.78, 5) is 0. The van der Waals surface area contributed by atoms with E-state index in [0.29, 0.717) is 6.26 Å². The van der Waals surface area contributed by atoms with Crippen molar-refractivity contribution in [3.05, 3.63) is 12.0 Å². The molecule has 3 atom stereocenters. The first kappa shape index (κ1) is 7.33. The lowest BCUT2D eigenvalue weighted by Crippen LogP contribution is -2.28. The average Bonchev–Trinajstić information content (AvgIpc) is 2.17. The minimum Gasteiger partial charge on any atom is -0.512 e. The molecule has 0 radical (unpaired) electrons. The molecule has 0 aliphatic carbocycles. The van der Waals surface area contributed by atoms with Crippen LogP contribution in [0.3, 0.4) is 0 Å². The minimum atomic E-state index is -1.45. The maximum absolute atomic E-state index is 8.86. The summed E-state index contributed by atoms with van der Waals surface area (Å²) in [5, 5.41) is 34.6. The summed E-state index contributed by atoms with van der Waals surface area (Å²) in [5.41, 5.74) is 0. The van der Waals surface area contributed by atoms with Gasteiger partial charge < -0.3 is 25.2 Å². The molecule has 1 saturated heterocycles. The Morgan fingerprint density at radius 3 is 2.10 bits per heavy atom. The van der Waals surface area contributed by atoms with Crippen molar-refractivity contribution in [2.75, 3.05) is 0 Å². The molecule has 5 nitrogen and oxygen atoms in total. The Morgan fingerprint density at radius 1 is 1.30 bits per heavy atom. The topological polar surface area (TPSA) is 90.2 Å². The molecule has 1 fully saturated rings. The predicted octanol–water partition coefficient (Wildman–Crippen LogP) is -1.54. The number of hydrogen-bond donors (Lipinski definition) is 4. The molecule has 5 heteroatoms. The third-order valence-electron chi connectivity index (χ3n) is 1.29. The van der Waals surface area contributed by atoms with Crippen LogP contribution >= 0.6 is 0 Å². The summed E-state index contributed by atoms with van der Waals surface area (Å²) in [7, 11) is 0. The lowest BCUT2D eigenvalue weighted by molar-refractivity contribution is -0.103. The van der Waals surface area contributed by atoms with Crippen molar-refractivity contribution in [2.45, 2.75) is 18.5 Å².